The van der Waals surface area contributed by atoms with E-state index in [0.717, 1.165) is 6.42 Å². The van der Waals surface area contributed by atoms with E-state index in [2.05, 4.69) is 64.8 Å². The zero-order valence-corrected chi connectivity index (χ0v) is 21.5. The molecule has 0 spiro atoms. The molecule has 0 unspecified atom stereocenters. The van der Waals surface area contributed by atoms with Crippen LogP contribution in [0.15, 0.2) is 28.9 Å². The molecule has 1 fully saturated rings. The van der Waals surface area contributed by atoms with Gasteiger partial charge in [-0.2, -0.15) is 0 Å². The summed E-state index contributed by atoms with van der Waals surface area (Å²) in [6.07, 6.45) is 24.6. The SMILES string of the molecule is CCCCCCCCC(=NC)C(C)(C)/C=C/C(C)(C)/C=C1\CCCCCCCN1C. The maximum absolute atomic E-state index is 4.70. The van der Waals surface area contributed by atoms with Gasteiger partial charge in [-0.3, -0.25) is 4.99 Å². The third-order valence-electron chi connectivity index (χ3n) is 6.67. The Morgan fingerprint density at radius 1 is 0.900 bits per heavy atom. The molecule has 30 heavy (non-hydrogen) atoms. The van der Waals surface area contributed by atoms with Crippen molar-refractivity contribution in [2.75, 3.05) is 20.6 Å². The lowest BCUT2D eigenvalue weighted by Gasteiger charge is -2.28. The Morgan fingerprint density at radius 3 is 2.23 bits per heavy atom. The van der Waals surface area contributed by atoms with Gasteiger partial charge in [0.25, 0.3) is 0 Å². The second kappa shape index (κ2) is 14.1. The lowest BCUT2D eigenvalue weighted by atomic mass is 9.80. The first-order valence-electron chi connectivity index (χ1n) is 12.8. The zero-order valence-electron chi connectivity index (χ0n) is 21.5. The van der Waals surface area contributed by atoms with Gasteiger partial charge in [0.2, 0.25) is 0 Å². The van der Waals surface area contributed by atoms with Crippen molar-refractivity contribution in [1.29, 1.82) is 0 Å². The third kappa shape index (κ3) is 10.8. The Kier molecular flexibility index (Phi) is 12.7. The summed E-state index contributed by atoms with van der Waals surface area (Å²) in [5.41, 5.74) is 2.96. The monoisotopic (exact) mass is 416 g/mol. The predicted octanol–water partition coefficient (Wildman–Crippen LogP) is 8.59. The molecule has 1 aliphatic heterocycles. The summed E-state index contributed by atoms with van der Waals surface area (Å²) in [5, 5.41) is 0. The molecule has 0 amide bonds. The summed E-state index contributed by atoms with van der Waals surface area (Å²) in [5.74, 6) is 0. The molecule has 0 N–H and O–H groups in total. The van der Waals surface area contributed by atoms with Gasteiger partial charge in [0.15, 0.2) is 0 Å². The summed E-state index contributed by atoms with van der Waals surface area (Å²) in [6.45, 7) is 12.8. The summed E-state index contributed by atoms with van der Waals surface area (Å²) in [7, 11) is 4.25. The first-order valence-corrected chi connectivity index (χ1v) is 12.8. The highest BCUT2D eigenvalue weighted by atomic mass is 15.1. The van der Waals surface area contributed by atoms with Crippen LogP contribution in [-0.2, 0) is 0 Å². The average molecular weight is 417 g/mol. The fourth-order valence-electron chi connectivity index (χ4n) is 4.49. The molecular formula is C28H52N2. The Bertz CT molecular complexity index is 551. The second-order valence-electron chi connectivity index (χ2n) is 10.6. The molecule has 0 saturated carbocycles. The largest absolute Gasteiger partial charge is 0.378 e. The Morgan fingerprint density at radius 2 is 1.53 bits per heavy atom. The maximum Gasteiger partial charge on any atom is 0.0276 e. The molecule has 0 bridgehead atoms. The van der Waals surface area contributed by atoms with Crippen molar-refractivity contribution >= 4 is 5.71 Å². The van der Waals surface area contributed by atoms with Crippen molar-refractivity contribution in [3.05, 3.63) is 23.9 Å². The Hall–Kier alpha value is -1.05. The molecule has 174 valence electrons. The van der Waals surface area contributed by atoms with E-state index in [1.807, 2.05) is 7.05 Å². The standard InChI is InChI=1S/C28H52N2/c1-8-9-10-11-14-17-20-26(29-6)28(4,5)22-21-27(2,3)24-25-19-16-13-12-15-18-23-30(25)7/h21-22,24H,8-20,23H2,1-7H3/b22-21+,25-24+,29-26?. The van der Waals surface area contributed by atoms with Crippen molar-refractivity contribution in [3.63, 3.8) is 0 Å². The van der Waals surface area contributed by atoms with E-state index in [1.165, 1.54) is 95.0 Å². The quantitative estimate of drug-likeness (QED) is 0.187. The number of rotatable bonds is 11. The summed E-state index contributed by atoms with van der Waals surface area (Å²) >= 11 is 0. The van der Waals surface area contributed by atoms with E-state index >= 15 is 0 Å². The Balaban J connectivity index is 2.73. The fraction of sp³-hybridized carbons (Fsp3) is 0.821. The van der Waals surface area contributed by atoms with Crippen LogP contribution in [0.25, 0.3) is 0 Å². The van der Waals surface area contributed by atoms with Crippen LogP contribution in [0.1, 0.15) is 118 Å². The van der Waals surface area contributed by atoms with Gasteiger partial charge in [0.05, 0.1) is 0 Å². The van der Waals surface area contributed by atoms with Crippen molar-refractivity contribution in [1.82, 2.24) is 4.90 Å². The van der Waals surface area contributed by atoms with Gasteiger partial charge in [-0.15, -0.1) is 0 Å². The van der Waals surface area contributed by atoms with Crippen LogP contribution in [-0.4, -0.2) is 31.3 Å². The Labute approximate surface area is 189 Å². The van der Waals surface area contributed by atoms with E-state index in [-0.39, 0.29) is 10.8 Å². The fourth-order valence-corrected chi connectivity index (χ4v) is 4.49. The number of allylic oxidation sites excluding steroid dienone is 4. The third-order valence-corrected chi connectivity index (χ3v) is 6.67. The summed E-state index contributed by atoms with van der Waals surface area (Å²) in [6, 6.07) is 0. The van der Waals surface area contributed by atoms with E-state index in [4.69, 9.17) is 4.99 Å². The van der Waals surface area contributed by atoms with Gasteiger partial charge < -0.3 is 4.90 Å². The van der Waals surface area contributed by atoms with Crippen molar-refractivity contribution in [3.8, 4) is 0 Å². The zero-order chi connectivity index (χ0) is 22.5. The number of nitrogens with zero attached hydrogens (tertiary/aromatic N) is 2. The number of unbranched alkanes of at least 4 members (excludes halogenated alkanes) is 5. The number of aliphatic imine (C=N–C) groups is 1. The molecule has 0 aromatic heterocycles. The molecule has 0 aromatic rings. The van der Waals surface area contributed by atoms with Crippen LogP contribution >= 0.6 is 0 Å². The van der Waals surface area contributed by atoms with Gasteiger partial charge in [-0.05, 0) is 32.1 Å². The van der Waals surface area contributed by atoms with E-state index in [0.29, 0.717) is 0 Å². The highest BCUT2D eigenvalue weighted by Gasteiger charge is 2.23. The van der Waals surface area contributed by atoms with Crippen molar-refractivity contribution in [2.45, 2.75) is 118 Å². The van der Waals surface area contributed by atoms with Crippen molar-refractivity contribution < 1.29 is 0 Å². The highest BCUT2D eigenvalue weighted by molar-refractivity contribution is 5.91. The second-order valence-corrected chi connectivity index (χ2v) is 10.6. The molecule has 2 nitrogen and oxygen atoms in total. The molecule has 1 saturated heterocycles. The molecular weight excluding hydrogens is 364 g/mol. The molecule has 1 heterocycles. The van der Waals surface area contributed by atoms with Gasteiger partial charge in [0.1, 0.15) is 0 Å². The highest BCUT2D eigenvalue weighted by Crippen LogP contribution is 2.30. The minimum absolute atomic E-state index is 0.0261. The lowest BCUT2D eigenvalue weighted by Crippen LogP contribution is -2.23. The van der Waals surface area contributed by atoms with Crippen LogP contribution in [0.2, 0.25) is 0 Å². The maximum atomic E-state index is 4.70. The van der Waals surface area contributed by atoms with Crippen LogP contribution in [0.3, 0.4) is 0 Å². The predicted molar refractivity (Wildman–Crippen MR) is 136 cm³/mol. The molecule has 0 aromatic carbocycles. The molecule has 0 atom stereocenters. The molecule has 0 radical (unpaired) electrons. The smallest absolute Gasteiger partial charge is 0.0276 e. The van der Waals surface area contributed by atoms with Crippen LogP contribution in [0, 0.1) is 10.8 Å². The van der Waals surface area contributed by atoms with Crippen LogP contribution in [0.4, 0.5) is 0 Å². The van der Waals surface area contributed by atoms with Crippen molar-refractivity contribution in [2.24, 2.45) is 15.8 Å². The molecule has 0 aliphatic carbocycles. The van der Waals surface area contributed by atoms with Gasteiger partial charge in [-0.25, -0.2) is 0 Å². The average Bonchev–Trinajstić information content (AvgIpc) is 2.79. The topological polar surface area (TPSA) is 15.6 Å². The van der Waals surface area contributed by atoms with Gasteiger partial charge >= 0.3 is 0 Å². The van der Waals surface area contributed by atoms with Crippen LogP contribution in [0.5, 0.6) is 0 Å². The molecule has 2 heteroatoms. The van der Waals surface area contributed by atoms with E-state index in [1.54, 1.807) is 0 Å². The minimum atomic E-state index is 0.0261. The summed E-state index contributed by atoms with van der Waals surface area (Å²) in [4.78, 5) is 7.20. The first kappa shape index (κ1) is 27.0. The summed E-state index contributed by atoms with van der Waals surface area (Å²) < 4.78 is 0. The van der Waals surface area contributed by atoms with Gasteiger partial charge in [0, 0.05) is 42.9 Å². The number of hydrogen-bond acceptors (Lipinski definition) is 2. The lowest BCUT2D eigenvalue weighted by molar-refractivity contribution is 0.386. The first-order chi connectivity index (χ1) is 14.2. The van der Waals surface area contributed by atoms with Crippen LogP contribution < -0.4 is 0 Å². The molecule has 1 aliphatic rings. The van der Waals surface area contributed by atoms with E-state index < -0.39 is 0 Å². The number of hydrogen-bond donors (Lipinski definition) is 0. The van der Waals surface area contributed by atoms with E-state index in [9.17, 15) is 0 Å². The normalized spacial score (nSPS) is 19.2. The van der Waals surface area contributed by atoms with Gasteiger partial charge in [-0.1, -0.05) is 104 Å². The molecule has 1 rings (SSSR count). The minimum Gasteiger partial charge on any atom is -0.378 e.